The number of benzene rings is 2. The maximum absolute atomic E-state index is 13.5. The normalized spacial score (nSPS) is 24.9. The van der Waals surface area contributed by atoms with Crippen LogP contribution in [0.2, 0.25) is 0 Å². The summed E-state index contributed by atoms with van der Waals surface area (Å²) in [7, 11) is 4.47. The first-order valence-corrected chi connectivity index (χ1v) is 14.5. The fourth-order valence-electron chi connectivity index (χ4n) is 6.96. The van der Waals surface area contributed by atoms with Crippen molar-refractivity contribution in [2.24, 2.45) is 5.92 Å². The molecule has 3 unspecified atom stereocenters. The topological polar surface area (TPSA) is 121 Å². The van der Waals surface area contributed by atoms with Crippen molar-refractivity contribution in [2.75, 3.05) is 33.7 Å². The van der Waals surface area contributed by atoms with E-state index in [9.17, 15) is 9.59 Å². The number of piperidine rings is 1. The molecular weight excluding hydrogens is 518 g/mol. The Labute approximate surface area is 239 Å². The molecule has 5 heterocycles. The molecule has 7 rings (SSSR count). The highest BCUT2D eigenvalue weighted by Crippen LogP contribution is 2.40. The van der Waals surface area contributed by atoms with Gasteiger partial charge in [0.15, 0.2) is 5.82 Å². The summed E-state index contributed by atoms with van der Waals surface area (Å²) in [6.07, 6.45) is 5.07. The molecule has 3 fully saturated rings. The van der Waals surface area contributed by atoms with Gasteiger partial charge >= 0.3 is 5.97 Å². The molecule has 0 aliphatic carbocycles. The zero-order valence-electron chi connectivity index (χ0n) is 24.2. The summed E-state index contributed by atoms with van der Waals surface area (Å²) < 4.78 is 0. The summed E-state index contributed by atoms with van der Waals surface area (Å²) in [4.78, 5) is 45.6. The molecule has 2 aromatic carbocycles. The van der Waals surface area contributed by atoms with Crippen LogP contribution in [0.4, 0.5) is 0 Å². The summed E-state index contributed by atoms with van der Waals surface area (Å²) in [5.41, 5.74) is 5.52. The molecule has 0 radical (unpaired) electrons. The van der Waals surface area contributed by atoms with Crippen molar-refractivity contribution in [3.05, 3.63) is 59.2 Å². The number of amides is 1. The summed E-state index contributed by atoms with van der Waals surface area (Å²) in [5.74, 6) is 0.103. The molecule has 2 aromatic heterocycles. The number of aromatic nitrogens is 4. The van der Waals surface area contributed by atoms with Gasteiger partial charge in [0, 0.05) is 37.8 Å². The SMILES string of the molecule is Cc1ccc2nc(C(=O)N3CCN(C)CC3C3CC4CCC(C3)N4C)[nH]c2c1.Cc1ccc2nc(C(=O)O)[nH]c2c1. The second-order valence-corrected chi connectivity index (χ2v) is 12.1. The molecule has 216 valence electrons. The first-order chi connectivity index (χ1) is 19.7. The number of imidazole rings is 2. The molecule has 3 saturated heterocycles. The van der Waals surface area contributed by atoms with E-state index in [4.69, 9.17) is 5.11 Å². The minimum Gasteiger partial charge on any atom is -0.475 e. The van der Waals surface area contributed by atoms with Crippen molar-refractivity contribution in [1.82, 2.24) is 34.6 Å². The molecular formula is C31H39N7O3. The average Bonchev–Trinajstić information content (AvgIpc) is 3.60. The van der Waals surface area contributed by atoms with Gasteiger partial charge in [-0.05, 0) is 94.9 Å². The van der Waals surface area contributed by atoms with E-state index in [1.807, 2.05) is 31.2 Å². The van der Waals surface area contributed by atoms with E-state index >= 15 is 0 Å². The lowest BCUT2D eigenvalue weighted by Gasteiger charge is -2.47. The molecule has 4 aromatic rings. The Balaban J connectivity index is 0.000000195. The number of aromatic carboxylic acids is 1. The standard InChI is InChI=1S/C22H31N5O.C9H8N2O2/c1-14-4-7-18-19(10-14)24-21(23-18)22(28)27-9-8-25(2)13-20(27)15-11-16-5-6-17(12-15)26(16)3;1-5-2-3-6-7(4-5)11-8(10-6)9(12)13/h4,7,10,15-17,20H,5-6,8-9,11-13H2,1-3H3,(H,23,24);2-4H,1H3,(H,10,11)(H,12,13). The van der Waals surface area contributed by atoms with E-state index in [0.29, 0.717) is 29.3 Å². The summed E-state index contributed by atoms with van der Waals surface area (Å²) >= 11 is 0. The molecule has 3 N–H and O–H groups in total. The molecule has 3 atom stereocenters. The molecule has 1 amide bonds. The van der Waals surface area contributed by atoms with Crippen LogP contribution in [0.5, 0.6) is 0 Å². The number of carbonyl (C=O) groups excluding carboxylic acids is 1. The quantitative estimate of drug-likeness (QED) is 0.347. The number of nitrogens with one attached hydrogen (secondary N) is 2. The van der Waals surface area contributed by atoms with E-state index in [1.54, 1.807) is 6.07 Å². The number of carbonyl (C=O) groups is 2. The maximum Gasteiger partial charge on any atom is 0.371 e. The van der Waals surface area contributed by atoms with Crippen molar-refractivity contribution in [1.29, 1.82) is 0 Å². The average molecular weight is 558 g/mol. The maximum atomic E-state index is 13.5. The van der Waals surface area contributed by atoms with E-state index in [-0.39, 0.29) is 17.8 Å². The number of carboxylic acids is 1. The van der Waals surface area contributed by atoms with Gasteiger partial charge in [0.1, 0.15) is 0 Å². The minimum atomic E-state index is -1.03. The number of hydrogen-bond donors (Lipinski definition) is 3. The van der Waals surface area contributed by atoms with Gasteiger partial charge in [-0.1, -0.05) is 12.1 Å². The highest BCUT2D eigenvalue weighted by Gasteiger charge is 2.44. The second-order valence-electron chi connectivity index (χ2n) is 12.1. The van der Waals surface area contributed by atoms with E-state index in [0.717, 1.165) is 41.7 Å². The third-order valence-electron chi connectivity index (χ3n) is 9.24. The van der Waals surface area contributed by atoms with Crippen LogP contribution >= 0.6 is 0 Å². The second kappa shape index (κ2) is 10.9. The lowest BCUT2D eigenvalue weighted by molar-refractivity contribution is 0.0141. The van der Waals surface area contributed by atoms with Crippen LogP contribution in [-0.2, 0) is 0 Å². The van der Waals surface area contributed by atoms with Crippen molar-refractivity contribution in [2.45, 2.75) is 57.7 Å². The van der Waals surface area contributed by atoms with Crippen LogP contribution in [0.3, 0.4) is 0 Å². The number of nitrogens with zero attached hydrogens (tertiary/aromatic N) is 5. The van der Waals surface area contributed by atoms with Gasteiger partial charge in [-0.2, -0.15) is 0 Å². The number of hydrogen-bond acceptors (Lipinski definition) is 6. The molecule has 10 heteroatoms. The molecule has 2 bridgehead atoms. The Bertz CT molecular complexity index is 1580. The van der Waals surface area contributed by atoms with Gasteiger partial charge in [-0.3, -0.25) is 4.79 Å². The number of aromatic amines is 2. The molecule has 0 spiro atoms. The van der Waals surface area contributed by atoms with Crippen molar-refractivity contribution in [3.8, 4) is 0 Å². The van der Waals surface area contributed by atoms with Crippen LogP contribution in [0.1, 0.15) is 58.0 Å². The first-order valence-electron chi connectivity index (χ1n) is 14.5. The van der Waals surface area contributed by atoms with Crippen LogP contribution in [0, 0.1) is 19.8 Å². The summed E-state index contributed by atoms with van der Waals surface area (Å²) in [6.45, 7) is 6.70. The highest BCUT2D eigenvalue weighted by molar-refractivity contribution is 5.94. The number of aryl methyl sites for hydroxylation is 2. The van der Waals surface area contributed by atoms with Crippen molar-refractivity contribution in [3.63, 3.8) is 0 Å². The Morgan fingerprint density at radius 3 is 2.00 bits per heavy atom. The number of carboxylic acid groups (broad SMARTS) is 1. The Hall–Kier alpha value is -3.76. The lowest BCUT2D eigenvalue weighted by atomic mass is 9.83. The van der Waals surface area contributed by atoms with Crippen molar-refractivity contribution >= 4 is 33.9 Å². The van der Waals surface area contributed by atoms with Gasteiger partial charge in [-0.15, -0.1) is 0 Å². The van der Waals surface area contributed by atoms with E-state index < -0.39 is 5.97 Å². The van der Waals surface area contributed by atoms with Crippen LogP contribution in [0.15, 0.2) is 36.4 Å². The summed E-state index contributed by atoms with van der Waals surface area (Å²) in [6, 6.07) is 13.4. The predicted molar refractivity (Wildman–Crippen MR) is 158 cm³/mol. The Kier molecular flexibility index (Phi) is 7.29. The van der Waals surface area contributed by atoms with Gasteiger partial charge in [0.2, 0.25) is 5.82 Å². The molecule has 3 aliphatic heterocycles. The van der Waals surface area contributed by atoms with E-state index in [2.05, 4.69) is 61.7 Å². The number of rotatable bonds is 3. The fraction of sp³-hybridized carbons (Fsp3) is 0.484. The molecule has 41 heavy (non-hydrogen) atoms. The molecule has 10 nitrogen and oxygen atoms in total. The Morgan fingerprint density at radius 2 is 1.41 bits per heavy atom. The monoisotopic (exact) mass is 557 g/mol. The fourth-order valence-corrected chi connectivity index (χ4v) is 6.96. The van der Waals surface area contributed by atoms with Gasteiger partial charge < -0.3 is 29.8 Å². The third-order valence-corrected chi connectivity index (χ3v) is 9.24. The van der Waals surface area contributed by atoms with Crippen LogP contribution in [0.25, 0.3) is 22.1 Å². The number of likely N-dealkylation sites (N-methyl/N-ethyl adjacent to an activating group) is 1. The smallest absolute Gasteiger partial charge is 0.371 e. The highest BCUT2D eigenvalue weighted by atomic mass is 16.4. The molecule has 3 aliphatic rings. The zero-order valence-corrected chi connectivity index (χ0v) is 24.2. The first kappa shape index (κ1) is 27.4. The van der Waals surface area contributed by atoms with Crippen molar-refractivity contribution < 1.29 is 14.7 Å². The lowest BCUT2D eigenvalue weighted by Crippen LogP contribution is -2.59. The molecule has 0 saturated carbocycles. The Morgan fingerprint density at radius 1 is 0.854 bits per heavy atom. The number of fused-ring (bicyclic) bond motifs is 4. The number of piperazine rings is 1. The number of H-pyrrole nitrogens is 2. The van der Waals surface area contributed by atoms with Gasteiger partial charge in [0.05, 0.1) is 22.1 Å². The van der Waals surface area contributed by atoms with Crippen LogP contribution in [-0.4, -0.2) is 103 Å². The van der Waals surface area contributed by atoms with Crippen LogP contribution < -0.4 is 0 Å². The minimum absolute atomic E-state index is 0.0133. The van der Waals surface area contributed by atoms with Gasteiger partial charge in [-0.25, -0.2) is 14.8 Å². The van der Waals surface area contributed by atoms with E-state index in [1.165, 1.54) is 31.2 Å². The summed E-state index contributed by atoms with van der Waals surface area (Å²) in [5, 5.41) is 8.66. The predicted octanol–water partition coefficient (Wildman–Crippen LogP) is 4.07. The largest absolute Gasteiger partial charge is 0.475 e. The van der Waals surface area contributed by atoms with Gasteiger partial charge in [0.25, 0.3) is 5.91 Å². The zero-order chi connectivity index (χ0) is 28.8. The third kappa shape index (κ3) is 5.46.